The molecular weight excluding hydrogens is 414 g/mol. The van der Waals surface area contributed by atoms with Gasteiger partial charge in [0, 0.05) is 28.8 Å². The number of hydrogen-bond donors (Lipinski definition) is 2. The molecule has 4 atom stereocenters. The SMILES string of the molecule is O=C(C[N+]12CCC(O)C1C(CO)CC2)c1ccc(Br)cc1.[Br-]. The summed E-state index contributed by atoms with van der Waals surface area (Å²) in [5.41, 5.74) is 0.721. The van der Waals surface area contributed by atoms with Gasteiger partial charge in [-0.15, -0.1) is 0 Å². The summed E-state index contributed by atoms with van der Waals surface area (Å²) in [4.78, 5) is 12.6. The maximum Gasteiger partial charge on any atom is 0.216 e. The largest absolute Gasteiger partial charge is 1.00 e. The van der Waals surface area contributed by atoms with Crippen LogP contribution in [-0.2, 0) is 0 Å². The highest BCUT2D eigenvalue weighted by molar-refractivity contribution is 9.10. The summed E-state index contributed by atoms with van der Waals surface area (Å²) in [6, 6.07) is 7.46. The van der Waals surface area contributed by atoms with Crippen molar-refractivity contribution in [3.8, 4) is 0 Å². The molecule has 2 aliphatic rings. The van der Waals surface area contributed by atoms with E-state index in [0.29, 0.717) is 11.0 Å². The zero-order chi connectivity index (χ0) is 15.0. The summed E-state index contributed by atoms with van der Waals surface area (Å²) in [6.07, 6.45) is 1.24. The van der Waals surface area contributed by atoms with Crippen molar-refractivity contribution in [2.45, 2.75) is 25.0 Å². The van der Waals surface area contributed by atoms with Gasteiger partial charge < -0.3 is 31.7 Å². The van der Waals surface area contributed by atoms with E-state index in [-0.39, 0.29) is 47.4 Å². The Labute approximate surface area is 149 Å². The van der Waals surface area contributed by atoms with Crippen molar-refractivity contribution in [2.24, 2.45) is 5.92 Å². The first-order valence-corrected chi connectivity index (χ1v) is 8.28. The minimum Gasteiger partial charge on any atom is -1.00 e. The Morgan fingerprint density at radius 2 is 1.86 bits per heavy atom. The molecule has 4 unspecified atom stereocenters. The third kappa shape index (κ3) is 3.17. The maximum absolute atomic E-state index is 12.6. The zero-order valence-electron chi connectivity index (χ0n) is 12.3. The molecule has 0 radical (unpaired) electrons. The first-order valence-electron chi connectivity index (χ1n) is 7.49. The Bertz CT molecular complexity index is 537. The second kappa shape index (κ2) is 7.09. The number of benzene rings is 1. The van der Waals surface area contributed by atoms with Crippen LogP contribution < -0.4 is 17.0 Å². The van der Waals surface area contributed by atoms with Crippen LogP contribution in [-0.4, -0.2) is 58.9 Å². The molecular formula is C16H21Br2NO3. The lowest BCUT2D eigenvalue weighted by Gasteiger charge is -2.35. The van der Waals surface area contributed by atoms with Gasteiger partial charge in [0.25, 0.3) is 0 Å². The van der Waals surface area contributed by atoms with Crippen LogP contribution in [0.3, 0.4) is 0 Å². The number of aliphatic hydroxyl groups is 2. The summed E-state index contributed by atoms with van der Waals surface area (Å²) >= 11 is 3.38. The highest BCUT2D eigenvalue weighted by Crippen LogP contribution is 2.40. The quantitative estimate of drug-likeness (QED) is 0.452. The molecule has 122 valence electrons. The average molecular weight is 435 g/mol. The molecule has 22 heavy (non-hydrogen) atoms. The van der Waals surface area contributed by atoms with Crippen LogP contribution >= 0.6 is 15.9 Å². The fourth-order valence-electron chi connectivity index (χ4n) is 4.17. The molecule has 0 spiro atoms. The average Bonchev–Trinajstić information content (AvgIpc) is 2.98. The second-order valence-corrected chi connectivity index (χ2v) is 7.25. The number of rotatable bonds is 4. The van der Waals surface area contributed by atoms with Crippen molar-refractivity contribution in [1.29, 1.82) is 0 Å². The van der Waals surface area contributed by atoms with Crippen LogP contribution in [0, 0.1) is 5.92 Å². The van der Waals surface area contributed by atoms with Gasteiger partial charge in [0.15, 0.2) is 0 Å². The van der Waals surface area contributed by atoms with Crippen LogP contribution in [0.5, 0.6) is 0 Å². The summed E-state index contributed by atoms with van der Waals surface area (Å²) in [7, 11) is 0. The number of Topliss-reactive ketones (excluding diaryl/α,β-unsaturated/α-hetero) is 1. The molecule has 2 heterocycles. The minimum absolute atomic E-state index is 0. The molecule has 2 aliphatic heterocycles. The predicted octanol–water partition coefficient (Wildman–Crippen LogP) is -1.40. The van der Waals surface area contributed by atoms with Gasteiger partial charge in [-0.05, 0) is 12.1 Å². The number of carbonyl (C=O) groups is 1. The van der Waals surface area contributed by atoms with Gasteiger partial charge in [0.1, 0.15) is 18.7 Å². The molecule has 0 bridgehead atoms. The number of quaternary nitrogens is 1. The molecule has 4 nitrogen and oxygen atoms in total. The van der Waals surface area contributed by atoms with E-state index in [9.17, 15) is 15.0 Å². The number of ketones is 1. The number of fused-ring (bicyclic) bond motifs is 1. The Morgan fingerprint density at radius 1 is 1.23 bits per heavy atom. The first-order chi connectivity index (χ1) is 10.1. The van der Waals surface area contributed by atoms with E-state index < -0.39 is 0 Å². The number of aliphatic hydroxyl groups excluding tert-OH is 2. The molecule has 3 rings (SSSR count). The number of nitrogens with zero attached hydrogens (tertiary/aromatic N) is 1. The number of halogens is 2. The molecule has 6 heteroatoms. The van der Waals surface area contributed by atoms with Crippen molar-refractivity contribution in [1.82, 2.24) is 0 Å². The smallest absolute Gasteiger partial charge is 0.216 e. The van der Waals surface area contributed by atoms with E-state index >= 15 is 0 Å². The van der Waals surface area contributed by atoms with Gasteiger partial charge in [0.2, 0.25) is 5.78 Å². The fourth-order valence-corrected chi connectivity index (χ4v) is 4.43. The first kappa shape index (κ1) is 18.1. The van der Waals surface area contributed by atoms with Crippen molar-refractivity contribution < 1.29 is 36.5 Å². The predicted molar refractivity (Wildman–Crippen MR) is 82.9 cm³/mol. The topological polar surface area (TPSA) is 57.5 Å². The van der Waals surface area contributed by atoms with Gasteiger partial charge in [-0.3, -0.25) is 4.79 Å². The van der Waals surface area contributed by atoms with E-state index in [1.807, 2.05) is 24.3 Å². The van der Waals surface area contributed by atoms with Crippen LogP contribution in [0.15, 0.2) is 28.7 Å². The summed E-state index contributed by atoms with van der Waals surface area (Å²) in [5.74, 6) is 0.250. The van der Waals surface area contributed by atoms with Crippen LogP contribution in [0.2, 0.25) is 0 Å². The molecule has 2 saturated heterocycles. The molecule has 1 aromatic rings. The Hall–Kier alpha value is -0.270. The van der Waals surface area contributed by atoms with Crippen molar-refractivity contribution in [2.75, 3.05) is 26.2 Å². The Balaban J connectivity index is 0.00000176. The normalized spacial score (nSPS) is 33.3. The van der Waals surface area contributed by atoms with Crippen molar-refractivity contribution >= 4 is 21.7 Å². The highest BCUT2D eigenvalue weighted by atomic mass is 79.9. The van der Waals surface area contributed by atoms with E-state index in [4.69, 9.17) is 0 Å². The lowest BCUT2D eigenvalue weighted by Crippen LogP contribution is -3.00. The van der Waals surface area contributed by atoms with E-state index in [0.717, 1.165) is 36.0 Å². The van der Waals surface area contributed by atoms with Crippen LogP contribution in [0.4, 0.5) is 0 Å². The molecule has 0 saturated carbocycles. The summed E-state index contributed by atoms with van der Waals surface area (Å²) in [6.45, 7) is 2.26. The lowest BCUT2D eigenvalue weighted by molar-refractivity contribution is -0.922. The number of hydrogen-bond acceptors (Lipinski definition) is 3. The highest BCUT2D eigenvalue weighted by Gasteiger charge is 2.56. The third-order valence-corrected chi connectivity index (χ3v) is 5.71. The van der Waals surface area contributed by atoms with Gasteiger partial charge in [0.05, 0.1) is 19.7 Å². The maximum atomic E-state index is 12.6. The molecule has 1 aromatic carbocycles. The van der Waals surface area contributed by atoms with Gasteiger partial charge in [-0.2, -0.15) is 0 Å². The molecule has 0 amide bonds. The fraction of sp³-hybridized carbons (Fsp3) is 0.562. The summed E-state index contributed by atoms with van der Waals surface area (Å²) < 4.78 is 1.61. The van der Waals surface area contributed by atoms with E-state index in [1.165, 1.54) is 0 Å². The molecule has 0 aliphatic carbocycles. The lowest BCUT2D eigenvalue weighted by atomic mass is 9.97. The molecule has 2 N–H and O–H groups in total. The van der Waals surface area contributed by atoms with E-state index in [2.05, 4.69) is 15.9 Å². The molecule has 2 fully saturated rings. The van der Waals surface area contributed by atoms with Gasteiger partial charge >= 0.3 is 0 Å². The standard InChI is InChI=1S/C16H21BrNO3.BrH/c17-13-3-1-11(2-4-13)15(21)9-18-7-5-12(10-19)16(18)14(20)6-8-18;/h1-4,12,14,16,19-20H,5-10H2;1H/q+1;/p-1. The zero-order valence-corrected chi connectivity index (χ0v) is 15.5. The van der Waals surface area contributed by atoms with Gasteiger partial charge in [-0.25, -0.2) is 0 Å². The summed E-state index contributed by atoms with van der Waals surface area (Å²) in [5, 5.41) is 19.8. The van der Waals surface area contributed by atoms with Gasteiger partial charge in [-0.1, -0.05) is 28.1 Å². The van der Waals surface area contributed by atoms with Crippen molar-refractivity contribution in [3.05, 3.63) is 34.3 Å². The van der Waals surface area contributed by atoms with E-state index in [1.54, 1.807) is 0 Å². The Morgan fingerprint density at radius 3 is 2.50 bits per heavy atom. The van der Waals surface area contributed by atoms with Crippen LogP contribution in [0.1, 0.15) is 23.2 Å². The second-order valence-electron chi connectivity index (χ2n) is 6.33. The number of carbonyl (C=O) groups excluding carboxylic acids is 1. The Kier molecular flexibility index (Phi) is 5.83. The van der Waals surface area contributed by atoms with Crippen molar-refractivity contribution in [3.63, 3.8) is 0 Å². The monoisotopic (exact) mass is 433 g/mol. The molecule has 0 aromatic heterocycles. The third-order valence-electron chi connectivity index (χ3n) is 5.18. The van der Waals surface area contributed by atoms with Crippen LogP contribution in [0.25, 0.3) is 0 Å². The minimum atomic E-state index is -0.387.